The minimum atomic E-state index is -5.18. The van der Waals surface area contributed by atoms with E-state index in [9.17, 15) is 39.1 Å². The summed E-state index contributed by atoms with van der Waals surface area (Å²) in [5.41, 5.74) is -4.61. The van der Waals surface area contributed by atoms with Gasteiger partial charge in [0.25, 0.3) is 0 Å². The average molecular weight is 335 g/mol. The molecular formula is C10H25NO9S. The first kappa shape index (κ1) is 22.9. The molecule has 0 aliphatic carbocycles. The Balaban J connectivity index is 0. The molecule has 0 spiro atoms. The third kappa shape index (κ3) is 4.81. The van der Waals surface area contributed by atoms with E-state index in [2.05, 4.69) is 0 Å². The van der Waals surface area contributed by atoms with E-state index in [1.807, 2.05) is 13.8 Å². The van der Waals surface area contributed by atoms with Crippen LogP contribution in [0.25, 0.3) is 0 Å². The molecule has 10 nitrogen and oxygen atoms in total. The molecule has 11 heteroatoms. The van der Waals surface area contributed by atoms with E-state index in [0.29, 0.717) is 0 Å². The standard InChI is InChI=1S/C8H19NO9S.C2H6/c10-1-7(2-11,3-12)9(19(16,17)18)8(4-13,5-14)6-15;1-2/h10-15H,1-6H2,(H,16,17,18);1-2H3. The summed E-state index contributed by atoms with van der Waals surface area (Å²) in [5.74, 6) is 0. The second kappa shape index (κ2) is 9.61. The third-order valence-electron chi connectivity index (χ3n) is 2.86. The maximum Gasteiger partial charge on any atom is 0.337 e. The zero-order valence-corrected chi connectivity index (χ0v) is 12.9. The van der Waals surface area contributed by atoms with Crippen LogP contribution in [0, 0.1) is 0 Å². The average Bonchev–Trinajstić information content (AvgIpc) is 2.50. The molecule has 0 unspecified atom stereocenters. The first-order valence-corrected chi connectivity index (χ1v) is 7.56. The smallest absolute Gasteiger partial charge is 0.337 e. The van der Waals surface area contributed by atoms with Crippen LogP contribution in [0.5, 0.6) is 0 Å². The third-order valence-corrected chi connectivity index (χ3v) is 4.09. The maximum atomic E-state index is 11.4. The first-order chi connectivity index (χ1) is 9.73. The summed E-state index contributed by atoms with van der Waals surface area (Å²) in [6, 6.07) is 0. The lowest BCUT2D eigenvalue weighted by Crippen LogP contribution is -2.71. The number of aliphatic hydroxyl groups is 6. The topological polar surface area (TPSA) is 179 Å². The minimum Gasteiger partial charge on any atom is -0.394 e. The Morgan fingerprint density at radius 3 is 1.00 bits per heavy atom. The van der Waals surface area contributed by atoms with Crippen molar-refractivity contribution in [2.45, 2.75) is 24.9 Å². The normalized spacial score (nSPS) is 13.0. The van der Waals surface area contributed by atoms with E-state index < -0.39 is 61.0 Å². The molecule has 7 N–H and O–H groups in total. The highest BCUT2D eigenvalue weighted by molar-refractivity contribution is 7.83. The molecule has 0 saturated heterocycles. The van der Waals surface area contributed by atoms with Crippen LogP contribution in [0.2, 0.25) is 0 Å². The van der Waals surface area contributed by atoms with Gasteiger partial charge in [0.05, 0.1) is 39.6 Å². The quantitative estimate of drug-likeness (QED) is 0.211. The van der Waals surface area contributed by atoms with Gasteiger partial charge in [-0.2, -0.15) is 12.7 Å². The van der Waals surface area contributed by atoms with Crippen LogP contribution < -0.4 is 0 Å². The predicted octanol–water partition coefficient (Wildman–Crippen LogP) is -3.45. The molecule has 0 atom stereocenters. The summed E-state index contributed by atoms with van der Waals surface area (Å²) in [7, 11) is -5.18. The summed E-state index contributed by atoms with van der Waals surface area (Å²) in [6.45, 7) is -2.74. The second-order valence-corrected chi connectivity index (χ2v) is 5.40. The fourth-order valence-corrected chi connectivity index (χ4v) is 3.00. The lowest BCUT2D eigenvalue weighted by atomic mass is 9.94. The molecule has 0 aromatic heterocycles. The van der Waals surface area contributed by atoms with Crippen molar-refractivity contribution in [1.29, 1.82) is 0 Å². The number of hydrogen-bond donors (Lipinski definition) is 7. The van der Waals surface area contributed by atoms with Crippen LogP contribution in [0.3, 0.4) is 0 Å². The molecule has 0 aromatic carbocycles. The van der Waals surface area contributed by atoms with Gasteiger partial charge in [0.1, 0.15) is 11.1 Å². The molecule has 21 heavy (non-hydrogen) atoms. The zero-order valence-electron chi connectivity index (χ0n) is 12.0. The van der Waals surface area contributed by atoms with Crippen LogP contribution in [-0.2, 0) is 10.3 Å². The van der Waals surface area contributed by atoms with Gasteiger partial charge in [-0.25, -0.2) is 0 Å². The van der Waals surface area contributed by atoms with Gasteiger partial charge in [-0.1, -0.05) is 13.8 Å². The number of hydrogen-bond acceptors (Lipinski definition) is 8. The van der Waals surface area contributed by atoms with Crippen molar-refractivity contribution in [2.75, 3.05) is 39.6 Å². The monoisotopic (exact) mass is 335 g/mol. The highest BCUT2D eigenvalue weighted by atomic mass is 32.2. The Labute approximate surface area is 123 Å². The summed E-state index contributed by atoms with van der Waals surface area (Å²) < 4.78 is 31.9. The molecular weight excluding hydrogens is 310 g/mol. The molecule has 130 valence electrons. The Morgan fingerprint density at radius 1 is 0.714 bits per heavy atom. The Kier molecular flexibility index (Phi) is 10.5. The van der Waals surface area contributed by atoms with Gasteiger partial charge in [-0.05, 0) is 0 Å². The van der Waals surface area contributed by atoms with Gasteiger partial charge < -0.3 is 30.6 Å². The zero-order chi connectivity index (χ0) is 17.3. The summed E-state index contributed by atoms with van der Waals surface area (Å²) in [5, 5.41) is 55.1. The van der Waals surface area contributed by atoms with Gasteiger partial charge in [-0.3, -0.25) is 4.55 Å². The van der Waals surface area contributed by atoms with Gasteiger partial charge in [0.15, 0.2) is 0 Å². The van der Waals surface area contributed by atoms with Crippen LogP contribution in [-0.4, -0.2) is 98.6 Å². The van der Waals surface area contributed by atoms with Crippen molar-refractivity contribution < 1.29 is 43.6 Å². The van der Waals surface area contributed by atoms with Crippen molar-refractivity contribution in [3.05, 3.63) is 0 Å². The van der Waals surface area contributed by atoms with E-state index in [1.54, 1.807) is 0 Å². The van der Waals surface area contributed by atoms with Crippen molar-refractivity contribution in [3.63, 3.8) is 0 Å². The summed E-state index contributed by atoms with van der Waals surface area (Å²) in [6.07, 6.45) is 0. The SMILES string of the molecule is CC.O=S(=O)(O)N(C(CO)(CO)CO)C(CO)(CO)CO. The Hall–Kier alpha value is -0.370. The molecule has 0 aliphatic rings. The lowest BCUT2D eigenvalue weighted by Gasteiger charge is -2.47. The second-order valence-electron chi connectivity index (χ2n) is 4.14. The van der Waals surface area contributed by atoms with Crippen LogP contribution in [0.4, 0.5) is 0 Å². The van der Waals surface area contributed by atoms with E-state index >= 15 is 0 Å². The van der Waals surface area contributed by atoms with Crippen LogP contribution in [0.1, 0.15) is 13.8 Å². The van der Waals surface area contributed by atoms with E-state index in [0.717, 1.165) is 0 Å². The van der Waals surface area contributed by atoms with E-state index in [-0.39, 0.29) is 4.31 Å². The highest BCUT2D eigenvalue weighted by Crippen LogP contribution is 2.28. The van der Waals surface area contributed by atoms with Gasteiger partial charge in [0.2, 0.25) is 0 Å². The maximum absolute atomic E-state index is 11.4. The first-order valence-electron chi connectivity index (χ1n) is 6.16. The predicted molar refractivity (Wildman–Crippen MR) is 72.7 cm³/mol. The molecule has 0 amide bonds. The molecule has 0 heterocycles. The minimum absolute atomic E-state index is 0.0764. The van der Waals surface area contributed by atoms with E-state index in [1.165, 1.54) is 0 Å². The van der Waals surface area contributed by atoms with Gasteiger partial charge >= 0.3 is 10.3 Å². The fourth-order valence-electron chi connectivity index (χ4n) is 1.68. The van der Waals surface area contributed by atoms with Gasteiger partial charge in [0, 0.05) is 0 Å². The van der Waals surface area contributed by atoms with Crippen LogP contribution in [0.15, 0.2) is 0 Å². The van der Waals surface area contributed by atoms with Crippen molar-refractivity contribution in [2.24, 2.45) is 0 Å². The lowest BCUT2D eigenvalue weighted by molar-refractivity contribution is -0.101. The molecule has 0 aromatic rings. The van der Waals surface area contributed by atoms with Crippen LogP contribution >= 0.6 is 0 Å². The Morgan fingerprint density at radius 2 is 0.905 bits per heavy atom. The highest BCUT2D eigenvalue weighted by Gasteiger charge is 2.54. The molecule has 0 aliphatic heterocycles. The molecule has 0 radical (unpaired) electrons. The largest absolute Gasteiger partial charge is 0.394 e. The van der Waals surface area contributed by atoms with E-state index in [4.69, 9.17) is 4.55 Å². The molecule has 0 rings (SSSR count). The fraction of sp³-hybridized carbons (Fsp3) is 1.00. The number of aliphatic hydroxyl groups excluding tert-OH is 6. The van der Waals surface area contributed by atoms with Gasteiger partial charge in [-0.15, -0.1) is 0 Å². The summed E-state index contributed by atoms with van der Waals surface area (Å²) in [4.78, 5) is 0. The Bertz CT molecular complexity index is 328. The molecule has 0 saturated carbocycles. The number of nitrogens with zero attached hydrogens (tertiary/aromatic N) is 1. The number of rotatable bonds is 9. The molecule has 0 bridgehead atoms. The molecule has 0 fully saturated rings. The summed E-state index contributed by atoms with van der Waals surface area (Å²) >= 11 is 0. The van der Waals surface area contributed by atoms with Crippen molar-refractivity contribution >= 4 is 10.3 Å². The van der Waals surface area contributed by atoms with Crippen molar-refractivity contribution in [3.8, 4) is 0 Å². The van der Waals surface area contributed by atoms with Crippen molar-refractivity contribution in [1.82, 2.24) is 4.31 Å².